The zero-order valence-corrected chi connectivity index (χ0v) is 8.17. The summed E-state index contributed by atoms with van der Waals surface area (Å²) in [6, 6.07) is 0. The number of hydrogen-bond donors (Lipinski definition) is 1. The Morgan fingerprint density at radius 1 is 1.38 bits per heavy atom. The van der Waals surface area contributed by atoms with Crippen LogP contribution in [-0.2, 0) is 9.59 Å². The van der Waals surface area contributed by atoms with Gasteiger partial charge in [-0.15, -0.1) is 0 Å². The monoisotopic (exact) mass is 184 g/mol. The van der Waals surface area contributed by atoms with Crippen LogP contribution >= 0.6 is 0 Å². The Balaban J connectivity index is 2.54. The summed E-state index contributed by atoms with van der Waals surface area (Å²) in [5.74, 6) is 0.194. The number of nitrogens with zero attached hydrogens (tertiary/aromatic N) is 1. The minimum Gasteiger partial charge on any atom is -0.300 e. The van der Waals surface area contributed by atoms with E-state index in [0.29, 0.717) is 25.6 Å². The van der Waals surface area contributed by atoms with Crippen molar-refractivity contribution in [3.63, 3.8) is 0 Å². The molecular formula is C9H16N2O2. The summed E-state index contributed by atoms with van der Waals surface area (Å²) in [4.78, 5) is 24.0. The fourth-order valence-corrected chi connectivity index (χ4v) is 1.25. The van der Waals surface area contributed by atoms with Crippen molar-refractivity contribution >= 4 is 11.8 Å². The molecule has 0 aromatic rings. The minimum absolute atomic E-state index is 0.100. The normalized spacial score (nSPS) is 20.6. The Bertz CT molecular complexity index is 200. The lowest BCUT2D eigenvalue weighted by Gasteiger charge is -2.27. The maximum Gasteiger partial charge on any atom is 0.243 e. The van der Waals surface area contributed by atoms with E-state index in [-0.39, 0.29) is 11.8 Å². The van der Waals surface area contributed by atoms with E-state index in [0.717, 1.165) is 6.42 Å². The van der Waals surface area contributed by atoms with Gasteiger partial charge in [0.15, 0.2) is 0 Å². The lowest BCUT2D eigenvalue weighted by molar-refractivity contribution is -0.147. The molecule has 1 N–H and O–H groups in total. The third-order valence-electron chi connectivity index (χ3n) is 2.35. The van der Waals surface area contributed by atoms with Crippen LogP contribution in [0.4, 0.5) is 0 Å². The number of rotatable bonds is 3. The molecule has 2 amide bonds. The molecule has 1 fully saturated rings. The Morgan fingerprint density at radius 2 is 1.92 bits per heavy atom. The van der Waals surface area contributed by atoms with E-state index in [1.54, 1.807) is 0 Å². The van der Waals surface area contributed by atoms with Gasteiger partial charge in [-0.3, -0.25) is 19.8 Å². The highest BCUT2D eigenvalue weighted by molar-refractivity contribution is 5.99. The van der Waals surface area contributed by atoms with Gasteiger partial charge >= 0.3 is 0 Å². The predicted molar refractivity (Wildman–Crippen MR) is 49.0 cm³/mol. The van der Waals surface area contributed by atoms with Crippen LogP contribution in [0.15, 0.2) is 0 Å². The summed E-state index contributed by atoms with van der Waals surface area (Å²) in [6.45, 7) is 5.25. The quantitative estimate of drug-likeness (QED) is 0.628. The van der Waals surface area contributed by atoms with Crippen molar-refractivity contribution in [1.82, 2.24) is 10.2 Å². The van der Waals surface area contributed by atoms with Crippen molar-refractivity contribution in [2.24, 2.45) is 5.92 Å². The highest BCUT2D eigenvalue weighted by Crippen LogP contribution is 2.06. The fourth-order valence-electron chi connectivity index (χ4n) is 1.25. The van der Waals surface area contributed by atoms with E-state index >= 15 is 0 Å². The molecule has 0 bridgehead atoms. The molecular weight excluding hydrogens is 168 g/mol. The maximum absolute atomic E-state index is 11.3. The first kappa shape index (κ1) is 10.2. The predicted octanol–water partition coefficient (Wildman–Crippen LogP) is -0.00910. The number of imide groups is 1. The molecule has 0 aromatic heterocycles. The van der Waals surface area contributed by atoms with E-state index in [1.165, 1.54) is 4.90 Å². The van der Waals surface area contributed by atoms with Crippen molar-refractivity contribution in [2.75, 3.05) is 19.6 Å². The molecule has 74 valence electrons. The van der Waals surface area contributed by atoms with E-state index in [1.807, 2.05) is 6.92 Å². The zero-order chi connectivity index (χ0) is 9.84. The van der Waals surface area contributed by atoms with Crippen LogP contribution in [0, 0.1) is 5.92 Å². The molecule has 4 heteroatoms. The molecule has 1 aliphatic heterocycles. The first-order valence-electron chi connectivity index (χ1n) is 4.69. The third kappa shape index (κ3) is 2.52. The van der Waals surface area contributed by atoms with Gasteiger partial charge in [0, 0.05) is 6.54 Å². The zero-order valence-electron chi connectivity index (χ0n) is 8.17. The van der Waals surface area contributed by atoms with Crippen molar-refractivity contribution in [1.29, 1.82) is 0 Å². The number of piperazine rings is 1. The summed E-state index contributed by atoms with van der Waals surface area (Å²) >= 11 is 0. The molecule has 13 heavy (non-hydrogen) atoms. The van der Waals surface area contributed by atoms with Gasteiger partial charge in [0.05, 0.1) is 13.1 Å². The van der Waals surface area contributed by atoms with Crippen LogP contribution < -0.4 is 5.32 Å². The van der Waals surface area contributed by atoms with Gasteiger partial charge in [-0.2, -0.15) is 0 Å². The van der Waals surface area contributed by atoms with E-state index < -0.39 is 0 Å². The molecule has 1 atom stereocenters. The van der Waals surface area contributed by atoms with Gasteiger partial charge in [0.1, 0.15) is 0 Å². The summed E-state index contributed by atoms with van der Waals surface area (Å²) < 4.78 is 0. The van der Waals surface area contributed by atoms with E-state index in [4.69, 9.17) is 0 Å². The molecule has 0 aliphatic carbocycles. The number of nitrogens with one attached hydrogen (secondary N) is 1. The van der Waals surface area contributed by atoms with Crippen molar-refractivity contribution in [3.8, 4) is 0 Å². The van der Waals surface area contributed by atoms with Crippen molar-refractivity contribution in [2.45, 2.75) is 20.3 Å². The highest BCUT2D eigenvalue weighted by Gasteiger charge is 2.26. The number of carbonyl (C=O) groups excluding carboxylic acids is 2. The summed E-state index contributed by atoms with van der Waals surface area (Å²) in [7, 11) is 0. The van der Waals surface area contributed by atoms with E-state index in [9.17, 15) is 9.59 Å². The van der Waals surface area contributed by atoms with Gasteiger partial charge in [-0.05, 0) is 5.92 Å². The average molecular weight is 184 g/mol. The van der Waals surface area contributed by atoms with Gasteiger partial charge in [-0.1, -0.05) is 20.3 Å². The summed E-state index contributed by atoms with van der Waals surface area (Å²) in [5.41, 5.74) is 0. The maximum atomic E-state index is 11.3. The van der Waals surface area contributed by atoms with Crippen LogP contribution in [0.5, 0.6) is 0 Å². The topological polar surface area (TPSA) is 49.4 Å². The standard InChI is InChI=1S/C9H16N2O2/c1-3-7(2)6-11-8(12)4-10-5-9(11)13/h7,10H,3-6H2,1-2H3. The molecule has 1 saturated heterocycles. The second-order valence-corrected chi connectivity index (χ2v) is 3.52. The Labute approximate surface area is 78.3 Å². The lowest BCUT2D eigenvalue weighted by Crippen LogP contribution is -2.53. The third-order valence-corrected chi connectivity index (χ3v) is 2.35. The average Bonchev–Trinajstić information content (AvgIpc) is 2.11. The molecule has 0 saturated carbocycles. The minimum atomic E-state index is -0.100. The Morgan fingerprint density at radius 3 is 2.38 bits per heavy atom. The van der Waals surface area contributed by atoms with Gasteiger partial charge in [0.25, 0.3) is 0 Å². The van der Waals surface area contributed by atoms with Gasteiger partial charge in [0.2, 0.25) is 11.8 Å². The summed E-state index contributed by atoms with van der Waals surface area (Å²) in [6.07, 6.45) is 0.991. The molecule has 0 radical (unpaired) electrons. The number of carbonyl (C=O) groups is 2. The van der Waals surface area contributed by atoms with E-state index in [2.05, 4.69) is 12.2 Å². The Hall–Kier alpha value is -0.900. The van der Waals surface area contributed by atoms with Crippen molar-refractivity contribution in [3.05, 3.63) is 0 Å². The van der Waals surface area contributed by atoms with Crippen molar-refractivity contribution < 1.29 is 9.59 Å². The molecule has 1 aliphatic rings. The second-order valence-electron chi connectivity index (χ2n) is 3.52. The molecule has 4 nitrogen and oxygen atoms in total. The lowest BCUT2D eigenvalue weighted by atomic mass is 10.1. The number of amides is 2. The molecule has 1 rings (SSSR count). The number of hydrogen-bond acceptors (Lipinski definition) is 3. The van der Waals surface area contributed by atoms with Crippen LogP contribution in [0.2, 0.25) is 0 Å². The van der Waals surface area contributed by atoms with Gasteiger partial charge in [-0.25, -0.2) is 0 Å². The van der Waals surface area contributed by atoms with Crippen LogP contribution in [0.3, 0.4) is 0 Å². The smallest absolute Gasteiger partial charge is 0.243 e. The SMILES string of the molecule is CCC(C)CN1C(=O)CNCC1=O. The van der Waals surface area contributed by atoms with Gasteiger partial charge < -0.3 is 0 Å². The molecule has 1 heterocycles. The first-order valence-corrected chi connectivity index (χ1v) is 4.69. The molecule has 0 spiro atoms. The largest absolute Gasteiger partial charge is 0.300 e. The molecule has 1 unspecified atom stereocenters. The second kappa shape index (κ2) is 4.37. The fraction of sp³-hybridized carbons (Fsp3) is 0.778. The van der Waals surface area contributed by atoms with Crippen LogP contribution in [-0.4, -0.2) is 36.3 Å². The molecule has 0 aromatic carbocycles. The highest BCUT2D eigenvalue weighted by atomic mass is 16.2. The van der Waals surface area contributed by atoms with Crippen LogP contribution in [0.25, 0.3) is 0 Å². The Kier molecular flexibility index (Phi) is 3.42. The summed E-state index contributed by atoms with van der Waals surface area (Å²) in [5, 5.41) is 2.76. The first-order chi connectivity index (χ1) is 6.15. The van der Waals surface area contributed by atoms with Crippen LogP contribution in [0.1, 0.15) is 20.3 Å².